The zero-order valence-corrected chi connectivity index (χ0v) is 16.0. The molecule has 2 aromatic rings. The van der Waals surface area contributed by atoms with Gasteiger partial charge in [-0.2, -0.15) is 0 Å². The van der Waals surface area contributed by atoms with Crippen LogP contribution in [0.15, 0.2) is 72.8 Å². The van der Waals surface area contributed by atoms with Crippen LogP contribution in [0.3, 0.4) is 0 Å². The van der Waals surface area contributed by atoms with E-state index in [1.807, 2.05) is 67.6 Å². The van der Waals surface area contributed by atoms with E-state index in [2.05, 4.69) is 11.9 Å². The van der Waals surface area contributed by atoms with E-state index in [1.165, 1.54) is 0 Å². The highest BCUT2D eigenvalue weighted by Crippen LogP contribution is 2.29. The minimum atomic E-state index is -0.528. The highest BCUT2D eigenvalue weighted by Gasteiger charge is 2.40. The van der Waals surface area contributed by atoms with Gasteiger partial charge in [0.1, 0.15) is 12.7 Å². The van der Waals surface area contributed by atoms with Crippen LogP contribution in [0.1, 0.15) is 24.5 Å². The first kappa shape index (κ1) is 19.7. The molecule has 1 aliphatic heterocycles. The fourth-order valence-electron chi connectivity index (χ4n) is 3.32. The largest absolute Gasteiger partial charge is 0.460 e. The number of hydrogen-bond acceptors (Lipinski definition) is 4. The number of hydrogen-bond donors (Lipinski definition) is 1. The smallest absolute Gasteiger partial charge is 0.407 e. The molecule has 5 heteroatoms. The number of esters is 1. The summed E-state index contributed by atoms with van der Waals surface area (Å²) in [7, 11) is 0. The van der Waals surface area contributed by atoms with E-state index in [9.17, 15) is 9.59 Å². The van der Waals surface area contributed by atoms with Gasteiger partial charge < -0.3 is 14.8 Å². The molecule has 1 aliphatic rings. The van der Waals surface area contributed by atoms with E-state index in [1.54, 1.807) is 0 Å². The van der Waals surface area contributed by atoms with Crippen LogP contribution in [0.25, 0.3) is 0 Å². The van der Waals surface area contributed by atoms with E-state index >= 15 is 0 Å². The number of cyclic esters (lactones) is 1. The predicted octanol–water partition coefficient (Wildman–Crippen LogP) is 4.03. The molecule has 0 saturated carbocycles. The van der Waals surface area contributed by atoms with Crippen molar-refractivity contribution in [3.63, 3.8) is 0 Å². The summed E-state index contributed by atoms with van der Waals surface area (Å²) in [5, 5.41) is 2.89. The summed E-state index contributed by atoms with van der Waals surface area (Å²) in [5.74, 6) is -0.611. The molecule has 2 aromatic carbocycles. The Labute approximate surface area is 165 Å². The first-order chi connectivity index (χ1) is 13.5. The predicted molar refractivity (Wildman–Crippen MR) is 106 cm³/mol. The zero-order valence-electron chi connectivity index (χ0n) is 16.0. The van der Waals surface area contributed by atoms with Crippen LogP contribution in [-0.2, 0) is 27.3 Å². The Morgan fingerprint density at radius 3 is 2.32 bits per heavy atom. The van der Waals surface area contributed by atoms with Crippen molar-refractivity contribution in [3.05, 3.63) is 83.9 Å². The van der Waals surface area contributed by atoms with Crippen LogP contribution < -0.4 is 5.32 Å². The number of carbonyl (C=O) groups excluding carboxylic acids is 2. The Morgan fingerprint density at radius 2 is 1.75 bits per heavy atom. The molecule has 3 rings (SSSR count). The Balaban J connectivity index is 1.66. The molecule has 0 bridgehead atoms. The number of alkyl carbamates (subject to hydrolysis) is 1. The number of amides is 1. The number of nitrogens with one attached hydrogen (secondary N) is 1. The molecule has 1 saturated heterocycles. The molecule has 0 aliphatic carbocycles. The maximum atomic E-state index is 12.4. The quantitative estimate of drug-likeness (QED) is 0.583. The van der Waals surface area contributed by atoms with Gasteiger partial charge in [-0.1, -0.05) is 72.8 Å². The average Bonchev–Trinajstić information content (AvgIpc) is 3.09. The number of rotatable bonds is 7. The van der Waals surface area contributed by atoms with Gasteiger partial charge >= 0.3 is 12.1 Å². The Morgan fingerprint density at radius 1 is 1.14 bits per heavy atom. The van der Waals surface area contributed by atoms with Crippen molar-refractivity contribution in [1.82, 2.24) is 5.32 Å². The molecule has 0 spiro atoms. The van der Waals surface area contributed by atoms with Crippen molar-refractivity contribution in [3.8, 4) is 0 Å². The third-order valence-electron chi connectivity index (χ3n) is 4.88. The topological polar surface area (TPSA) is 64.6 Å². The molecule has 28 heavy (non-hydrogen) atoms. The molecule has 1 N–H and O–H groups in total. The molecule has 0 aromatic heterocycles. The molecule has 3 atom stereocenters. The molecule has 1 fully saturated rings. The standard InChI is InChI=1S/C23H25NO4/c1-16(2)19-14-21(28-22(19)25)20(13-17-9-5-3-6-10-17)24-23(26)27-15-18-11-7-4-8-12-18/h3-12,19-21H,1,13-15H2,2H3,(H,24,26)/t19-,20-,21-/m0/s1. The summed E-state index contributed by atoms with van der Waals surface area (Å²) in [6, 6.07) is 18.9. The minimum Gasteiger partial charge on any atom is -0.460 e. The molecule has 5 nitrogen and oxygen atoms in total. The third-order valence-corrected chi connectivity index (χ3v) is 4.88. The van der Waals surface area contributed by atoms with Gasteiger partial charge in [0.15, 0.2) is 0 Å². The lowest BCUT2D eigenvalue weighted by atomic mass is 9.93. The highest BCUT2D eigenvalue weighted by atomic mass is 16.6. The van der Waals surface area contributed by atoms with Gasteiger partial charge in [0.25, 0.3) is 0 Å². The fraction of sp³-hybridized carbons (Fsp3) is 0.304. The van der Waals surface area contributed by atoms with Crippen LogP contribution in [0.4, 0.5) is 4.79 Å². The van der Waals surface area contributed by atoms with Crippen LogP contribution in [0, 0.1) is 5.92 Å². The van der Waals surface area contributed by atoms with Gasteiger partial charge in [0.2, 0.25) is 0 Å². The van der Waals surface area contributed by atoms with Crippen molar-refractivity contribution in [2.45, 2.75) is 38.5 Å². The van der Waals surface area contributed by atoms with Gasteiger partial charge in [-0.3, -0.25) is 4.79 Å². The van der Waals surface area contributed by atoms with Crippen molar-refractivity contribution in [2.75, 3.05) is 0 Å². The summed E-state index contributed by atoms with van der Waals surface area (Å²) in [6.07, 6.45) is 0.102. The van der Waals surface area contributed by atoms with Gasteiger partial charge in [-0.25, -0.2) is 4.79 Å². The summed E-state index contributed by atoms with van der Waals surface area (Å²) in [4.78, 5) is 24.5. The summed E-state index contributed by atoms with van der Waals surface area (Å²) in [6.45, 7) is 5.88. The maximum absolute atomic E-state index is 12.4. The van der Waals surface area contributed by atoms with Gasteiger partial charge in [-0.05, 0) is 24.5 Å². The van der Waals surface area contributed by atoms with Gasteiger partial charge in [-0.15, -0.1) is 0 Å². The van der Waals surface area contributed by atoms with Crippen molar-refractivity contribution >= 4 is 12.1 Å². The molecule has 1 amide bonds. The molecule has 1 heterocycles. The second-order valence-corrected chi connectivity index (χ2v) is 7.11. The number of ether oxygens (including phenoxy) is 2. The van der Waals surface area contributed by atoms with E-state index in [4.69, 9.17) is 9.47 Å². The van der Waals surface area contributed by atoms with E-state index in [-0.39, 0.29) is 24.5 Å². The van der Waals surface area contributed by atoms with E-state index in [0.717, 1.165) is 16.7 Å². The molecule has 0 unspecified atom stereocenters. The number of benzene rings is 2. The molecule has 0 radical (unpaired) electrons. The lowest BCUT2D eigenvalue weighted by molar-refractivity contribution is -0.144. The lowest BCUT2D eigenvalue weighted by Crippen LogP contribution is -2.45. The molecular weight excluding hydrogens is 354 g/mol. The molecule has 146 valence electrons. The van der Waals surface area contributed by atoms with Crippen molar-refractivity contribution < 1.29 is 19.1 Å². The number of carbonyl (C=O) groups is 2. The van der Waals surface area contributed by atoms with Crippen LogP contribution in [-0.4, -0.2) is 24.2 Å². The van der Waals surface area contributed by atoms with Crippen molar-refractivity contribution in [2.24, 2.45) is 5.92 Å². The summed E-state index contributed by atoms with van der Waals surface area (Å²) < 4.78 is 10.9. The molecular formula is C23H25NO4. The summed E-state index contributed by atoms with van der Waals surface area (Å²) >= 11 is 0. The van der Waals surface area contributed by atoms with E-state index in [0.29, 0.717) is 12.8 Å². The Kier molecular flexibility index (Phi) is 6.48. The van der Waals surface area contributed by atoms with Crippen LogP contribution in [0.2, 0.25) is 0 Å². The van der Waals surface area contributed by atoms with Gasteiger partial charge in [0, 0.05) is 6.42 Å². The van der Waals surface area contributed by atoms with E-state index < -0.39 is 12.2 Å². The maximum Gasteiger partial charge on any atom is 0.407 e. The Bertz CT molecular complexity index is 819. The summed E-state index contributed by atoms with van der Waals surface area (Å²) in [5.41, 5.74) is 2.73. The minimum absolute atomic E-state index is 0.184. The highest BCUT2D eigenvalue weighted by molar-refractivity contribution is 5.78. The fourth-order valence-corrected chi connectivity index (χ4v) is 3.32. The SMILES string of the molecule is C=C(C)[C@@H]1C[C@@H]([C@H](Cc2ccccc2)NC(=O)OCc2ccccc2)OC1=O. The van der Waals surface area contributed by atoms with Crippen LogP contribution >= 0.6 is 0 Å². The lowest BCUT2D eigenvalue weighted by Gasteiger charge is -2.23. The second kappa shape index (κ2) is 9.22. The third kappa shape index (κ3) is 5.22. The zero-order chi connectivity index (χ0) is 19.9. The van der Waals surface area contributed by atoms with Crippen molar-refractivity contribution in [1.29, 1.82) is 0 Å². The first-order valence-corrected chi connectivity index (χ1v) is 9.40. The normalized spacial score (nSPS) is 19.5. The second-order valence-electron chi connectivity index (χ2n) is 7.11. The monoisotopic (exact) mass is 379 g/mol. The first-order valence-electron chi connectivity index (χ1n) is 9.40. The average molecular weight is 379 g/mol. The van der Waals surface area contributed by atoms with Crippen LogP contribution in [0.5, 0.6) is 0 Å². The Hall–Kier alpha value is -3.08. The van der Waals surface area contributed by atoms with Gasteiger partial charge in [0.05, 0.1) is 12.0 Å².